The van der Waals surface area contributed by atoms with Crippen molar-refractivity contribution >= 4 is 5.69 Å². The predicted octanol–water partition coefficient (Wildman–Crippen LogP) is 1.78. The van der Waals surface area contributed by atoms with Crippen molar-refractivity contribution in [1.82, 2.24) is 0 Å². The lowest BCUT2D eigenvalue weighted by atomic mass is 10.1. The van der Waals surface area contributed by atoms with E-state index < -0.39 is 10.8 Å². The van der Waals surface area contributed by atoms with Crippen molar-refractivity contribution in [3.63, 3.8) is 0 Å². The third-order valence-electron chi connectivity index (χ3n) is 3.42. The van der Waals surface area contributed by atoms with E-state index in [1.165, 1.54) is 12.1 Å². The largest absolute Gasteiger partial charge is 0.395 e. The van der Waals surface area contributed by atoms with Crippen molar-refractivity contribution in [2.75, 3.05) is 13.2 Å². The first-order chi connectivity index (χ1) is 10.2. The van der Waals surface area contributed by atoms with Crippen LogP contribution in [-0.4, -0.2) is 18.1 Å². The Kier molecular flexibility index (Phi) is 3.64. The molecule has 6 nitrogen and oxygen atoms in total. The first-order valence-electron chi connectivity index (χ1n) is 6.68. The van der Waals surface area contributed by atoms with Crippen molar-refractivity contribution in [3.05, 3.63) is 70.5 Å². The molecule has 0 radical (unpaired) electrons. The molecule has 0 bridgehead atoms. The van der Waals surface area contributed by atoms with Crippen LogP contribution in [0.1, 0.15) is 5.56 Å². The normalized spacial score (nSPS) is 16.8. The lowest BCUT2D eigenvalue weighted by Gasteiger charge is -2.20. The highest BCUT2D eigenvalue weighted by Crippen LogP contribution is 2.25. The molecule has 1 aromatic carbocycles. The van der Waals surface area contributed by atoms with Crippen LogP contribution in [0.25, 0.3) is 0 Å². The molecule has 0 N–H and O–H groups in total. The van der Waals surface area contributed by atoms with Crippen LogP contribution in [0.2, 0.25) is 0 Å². The van der Waals surface area contributed by atoms with E-state index in [4.69, 9.17) is 9.47 Å². The minimum Gasteiger partial charge on any atom is -0.292 e. The zero-order valence-electron chi connectivity index (χ0n) is 11.3. The highest BCUT2D eigenvalue weighted by Gasteiger charge is 2.46. The van der Waals surface area contributed by atoms with Gasteiger partial charge in [-0.3, -0.25) is 19.6 Å². The summed E-state index contributed by atoms with van der Waals surface area (Å²) >= 11 is 0. The van der Waals surface area contributed by atoms with Crippen molar-refractivity contribution in [1.29, 1.82) is 0 Å². The first-order valence-corrected chi connectivity index (χ1v) is 6.68. The molecule has 21 heavy (non-hydrogen) atoms. The fourth-order valence-corrected chi connectivity index (χ4v) is 2.41. The van der Waals surface area contributed by atoms with Crippen molar-refractivity contribution in [2.24, 2.45) is 0 Å². The maximum absolute atomic E-state index is 10.7. The number of rotatable bonds is 4. The van der Waals surface area contributed by atoms with Crippen LogP contribution < -0.4 is 4.57 Å². The standard InChI is InChI=1S/C15H15N2O4/c18-17(19)14-6-4-13(5-7-14)12-15(20-10-11-21-15)16-8-2-1-3-9-16/h1-9H,10-12H2/q+1. The number of nitrogens with zero attached hydrogens (tertiary/aromatic N) is 2. The Morgan fingerprint density at radius 3 is 2.29 bits per heavy atom. The summed E-state index contributed by atoms with van der Waals surface area (Å²) < 4.78 is 13.5. The van der Waals surface area contributed by atoms with E-state index in [1.54, 1.807) is 12.1 Å². The van der Waals surface area contributed by atoms with Gasteiger partial charge in [0.05, 0.1) is 24.6 Å². The summed E-state index contributed by atoms with van der Waals surface area (Å²) in [5.74, 6) is -0.878. The van der Waals surface area contributed by atoms with E-state index in [2.05, 4.69) is 0 Å². The Hall–Kier alpha value is -2.31. The number of nitro benzene ring substituents is 1. The molecule has 1 aliphatic heterocycles. The Morgan fingerprint density at radius 2 is 1.71 bits per heavy atom. The second-order valence-corrected chi connectivity index (χ2v) is 4.79. The molecule has 2 heterocycles. The smallest absolute Gasteiger partial charge is 0.292 e. The minimum atomic E-state index is -0.878. The highest BCUT2D eigenvalue weighted by molar-refractivity contribution is 5.33. The fourth-order valence-electron chi connectivity index (χ4n) is 2.41. The maximum atomic E-state index is 10.7. The maximum Gasteiger partial charge on any atom is 0.395 e. The van der Waals surface area contributed by atoms with Crippen molar-refractivity contribution in [2.45, 2.75) is 12.3 Å². The molecule has 6 heteroatoms. The number of ether oxygens (including phenoxy) is 2. The Labute approximate surface area is 121 Å². The number of hydrogen-bond donors (Lipinski definition) is 0. The van der Waals surface area contributed by atoms with Gasteiger partial charge in [-0.15, -0.1) is 4.57 Å². The van der Waals surface area contributed by atoms with Crippen LogP contribution in [-0.2, 0) is 21.8 Å². The Morgan fingerprint density at radius 1 is 1.10 bits per heavy atom. The molecular weight excluding hydrogens is 272 g/mol. The van der Waals surface area contributed by atoms with Gasteiger partial charge in [0, 0.05) is 24.3 Å². The van der Waals surface area contributed by atoms with Crippen molar-refractivity contribution in [3.8, 4) is 0 Å². The summed E-state index contributed by atoms with van der Waals surface area (Å²) in [5.41, 5.74) is 0.993. The van der Waals surface area contributed by atoms with E-state index in [0.717, 1.165) is 5.56 Å². The third-order valence-corrected chi connectivity index (χ3v) is 3.42. The fraction of sp³-hybridized carbons (Fsp3) is 0.267. The summed E-state index contributed by atoms with van der Waals surface area (Å²) in [4.78, 5) is 10.3. The van der Waals surface area contributed by atoms with Crippen LogP contribution in [0.4, 0.5) is 5.69 Å². The van der Waals surface area contributed by atoms with Gasteiger partial charge in [0.15, 0.2) is 12.4 Å². The molecular formula is C15H15N2O4+. The molecule has 0 atom stereocenters. The van der Waals surface area contributed by atoms with E-state index in [9.17, 15) is 10.1 Å². The summed E-state index contributed by atoms with van der Waals surface area (Å²) in [6, 6.07) is 12.2. The molecule has 1 saturated heterocycles. The Balaban J connectivity index is 1.87. The van der Waals surface area contributed by atoms with Crippen LogP contribution in [0.5, 0.6) is 0 Å². The molecule has 1 fully saturated rings. The molecule has 108 valence electrons. The zero-order valence-corrected chi connectivity index (χ0v) is 11.3. The van der Waals surface area contributed by atoms with Gasteiger partial charge in [0.1, 0.15) is 0 Å². The average molecular weight is 287 g/mol. The molecule has 2 aromatic rings. The number of hydrogen-bond acceptors (Lipinski definition) is 4. The van der Waals surface area contributed by atoms with Gasteiger partial charge >= 0.3 is 5.91 Å². The van der Waals surface area contributed by atoms with Gasteiger partial charge in [0.25, 0.3) is 5.69 Å². The lowest BCUT2D eigenvalue weighted by Crippen LogP contribution is -2.58. The molecule has 0 aliphatic carbocycles. The summed E-state index contributed by atoms with van der Waals surface area (Å²) in [6.07, 6.45) is 4.26. The molecule has 0 saturated carbocycles. The quantitative estimate of drug-likeness (QED) is 0.488. The first kappa shape index (κ1) is 13.7. The summed E-state index contributed by atoms with van der Waals surface area (Å²) in [7, 11) is 0. The van der Waals surface area contributed by atoms with Gasteiger partial charge in [-0.1, -0.05) is 18.2 Å². The van der Waals surface area contributed by atoms with Crippen molar-refractivity contribution < 1.29 is 19.0 Å². The topological polar surface area (TPSA) is 65.5 Å². The van der Waals surface area contributed by atoms with E-state index in [-0.39, 0.29) is 5.69 Å². The minimum absolute atomic E-state index is 0.0772. The molecule has 3 rings (SSSR count). The summed E-state index contributed by atoms with van der Waals surface area (Å²) in [5, 5.41) is 10.7. The number of benzene rings is 1. The second kappa shape index (κ2) is 5.59. The molecule has 0 amide bonds. The monoisotopic (exact) mass is 287 g/mol. The number of aromatic nitrogens is 1. The third kappa shape index (κ3) is 2.76. The number of non-ortho nitro benzene ring substituents is 1. The Bertz CT molecular complexity index is 622. The van der Waals surface area contributed by atoms with Gasteiger partial charge in [-0.05, 0) is 5.56 Å². The van der Waals surface area contributed by atoms with Gasteiger partial charge < -0.3 is 0 Å². The van der Waals surface area contributed by atoms with Crippen LogP contribution >= 0.6 is 0 Å². The van der Waals surface area contributed by atoms with Gasteiger partial charge in [0.2, 0.25) is 0 Å². The molecule has 1 aliphatic rings. The van der Waals surface area contributed by atoms with Crippen LogP contribution in [0.15, 0.2) is 54.9 Å². The molecule has 1 aromatic heterocycles. The number of nitro groups is 1. The predicted molar refractivity (Wildman–Crippen MR) is 73.3 cm³/mol. The zero-order chi connectivity index (χ0) is 14.7. The van der Waals surface area contributed by atoms with Crippen LogP contribution in [0, 0.1) is 10.1 Å². The van der Waals surface area contributed by atoms with Crippen LogP contribution in [0.3, 0.4) is 0 Å². The SMILES string of the molecule is O=[N+]([O-])c1ccc(CC2([n+]3ccccc3)OCCO2)cc1. The number of pyridine rings is 1. The lowest BCUT2D eigenvalue weighted by molar-refractivity contribution is -0.847. The summed E-state index contributed by atoms with van der Waals surface area (Å²) in [6.45, 7) is 1.05. The van der Waals surface area contributed by atoms with Gasteiger partial charge in [-0.2, -0.15) is 0 Å². The highest BCUT2D eigenvalue weighted by atomic mass is 16.8. The molecule has 0 unspecified atom stereocenters. The van der Waals surface area contributed by atoms with E-state index >= 15 is 0 Å². The second-order valence-electron chi connectivity index (χ2n) is 4.79. The van der Waals surface area contributed by atoms with E-state index in [0.29, 0.717) is 19.6 Å². The molecule has 0 spiro atoms. The van der Waals surface area contributed by atoms with Gasteiger partial charge in [-0.25, -0.2) is 0 Å². The van der Waals surface area contributed by atoms with E-state index in [1.807, 2.05) is 35.2 Å². The average Bonchev–Trinajstić information content (AvgIpc) is 2.98.